The fourth-order valence-corrected chi connectivity index (χ4v) is 1.53. The van der Waals surface area contributed by atoms with E-state index < -0.39 is 5.90 Å². The van der Waals surface area contributed by atoms with Crippen molar-refractivity contribution in [3.8, 4) is 0 Å². The molecule has 17 heavy (non-hydrogen) atoms. The minimum Gasteiger partial charge on any atom is -0.859 e. The third-order valence-electron chi connectivity index (χ3n) is 1.81. The van der Waals surface area contributed by atoms with Crippen molar-refractivity contribution in [3.05, 3.63) is 40.4 Å². The van der Waals surface area contributed by atoms with Gasteiger partial charge in [-0.15, -0.1) is 5.10 Å². The van der Waals surface area contributed by atoms with Crippen molar-refractivity contribution in [2.75, 3.05) is 0 Å². The molecule has 0 unspecified atom stereocenters. The van der Waals surface area contributed by atoms with Crippen LogP contribution in [0.3, 0.4) is 0 Å². The van der Waals surface area contributed by atoms with Crippen LogP contribution < -0.4 is 5.11 Å². The maximum atomic E-state index is 11.4. The first-order chi connectivity index (χ1) is 8.24. The van der Waals surface area contributed by atoms with Gasteiger partial charge in [-0.1, -0.05) is 45.3 Å². The average Bonchev–Trinajstić information content (AvgIpc) is 2.79. The maximum absolute atomic E-state index is 11.4. The van der Waals surface area contributed by atoms with Gasteiger partial charge in [-0.05, 0) is 28.8 Å². The first kappa shape index (κ1) is 11.5. The predicted molar refractivity (Wildman–Crippen MR) is 64.4 cm³/mol. The minimum absolute atomic E-state index is 0.0221. The molecule has 0 saturated carbocycles. The summed E-state index contributed by atoms with van der Waals surface area (Å²) in [6, 6.07) is 7.55. The fraction of sp³-hybridized carbons (Fsp3) is 0. The number of halogens is 1. The summed E-state index contributed by atoms with van der Waals surface area (Å²) in [6.45, 7) is 0. The second-order valence-electron chi connectivity index (χ2n) is 3.05. The zero-order valence-electron chi connectivity index (χ0n) is 8.54. The number of benzene rings is 1. The number of aromatic amines is 1. The highest BCUT2D eigenvalue weighted by atomic mass is 79.9. The molecule has 0 aliphatic heterocycles. The molecule has 1 heterocycles. The van der Waals surface area contributed by atoms with Crippen LogP contribution in [0.15, 0.2) is 39.8 Å². The molecule has 7 heteroatoms. The average molecular weight is 293 g/mol. The first-order valence-corrected chi connectivity index (χ1v) is 5.46. The fourth-order valence-electron chi connectivity index (χ4n) is 1.12. The summed E-state index contributed by atoms with van der Waals surface area (Å²) in [5.41, 5.74) is 0.899. The molecular formula is C10H7BrN5O-. The standard InChI is InChI=1S/C10H8BrN5O/c11-8-3-1-2-7(6-8)4-5-9(17)12-10-13-15-16-14-10/h1-6H,(H2,12,13,14,15,16,17)/p-1/b5-4+. The second-order valence-corrected chi connectivity index (χ2v) is 3.97. The summed E-state index contributed by atoms with van der Waals surface area (Å²) >= 11 is 3.34. The van der Waals surface area contributed by atoms with Gasteiger partial charge in [0.25, 0.3) is 5.95 Å². The molecule has 0 saturated heterocycles. The smallest absolute Gasteiger partial charge is 0.288 e. The Morgan fingerprint density at radius 1 is 1.47 bits per heavy atom. The summed E-state index contributed by atoms with van der Waals surface area (Å²) in [4.78, 5) is 3.60. The molecule has 0 bridgehead atoms. The van der Waals surface area contributed by atoms with Crippen LogP contribution in [-0.2, 0) is 0 Å². The molecule has 0 amide bonds. The number of nitrogens with one attached hydrogen (secondary N) is 1. The second kappa shape index (κ2) is 5.35. The molecule has 0 aliphatic rings. The molecular weight excluding hydrogens is 286 g/mol. The number of hydrogen-bond donors (Lipinski definition) is 1. The van der Waals surface area contributed by atoms with E-state index in [1.54, 1.807) is 6.08 Å². The van der Waals surface area contributed by atoms with E-state index >= 15 is 0 Å². The van der Waals surface area contributed by atoms with E-state index in [4.69, 9.17) is 0 Å². The molecule has 0 fully saturated rings. The monoisotopic (exact) mass is 292 g/mol. The lowest BCUT2D eigenvalue weighted by Gasteiger charge is -2.01. The number of hydrogen-bond acceptors (Lipinski definition) is 5. The lowest BCUT2D eigenvalue weighted by Crippen LogP contribution is -2.13. The zero-order chi connectivity index (χ0) is 12.1. The third-order valence-corrected chi connectivity index (χ3v) is 2.30. The minimum atomic E-state index is -0.439. The molecule has 1 aromatic carbocycles. The van der Waals surface area contributed by atoms with Crippen LogP contribution in [0.1, 0.15) is 5.56 Å². The normalized spacial score (nSPS) is 12.2. The predicted octanol–water partition coefficient (Wildman–Crippen LogP) is 1.07. The number of H-pyrrole nitrogens is 1. The Balaban J connectivity index is 2.11. The van der Waals surface area contributed by atoms with Crippen molar-refractivity contribution in [1.29, 1.82) is 0 Å². The van der Waals surface area contributed by atoms with Gasteiger partial charge in [0.15, 0.2) is 0 Å². The van der Waals surface area contributed by atoms with E-state index in [9.17, 15) is 5.11 Å². The van der Waals surface area contributed by atoms with Crippen LogP contribution in [0.4, 0.5) is 5.95 Å². The molecule has 86 valence electrons. The van der Waals surface area contributed by atoms with E-state index in [1.165, 1.54) is 6.08 Å². The topological polar surface area (TPSA) is 89.9 Å². The Morgan fingerprint density at radius 3 is 3.06 bits per heavy atom. The van der Waals surface area contributed by atoms with Crippen LogP contribution in [0, 0.1) is 0 Å². The summed E-state index contributed by atoms with van der Waals surface area (Å²) in [5, 5.41) is 24.0. The highest BCUT2D eigenvalue weighted by Gasteiger charge is 1.91. The largest absolute Gasteiger partial charge is 0.859 e. The van der Waals surface area contributed by atoms with Gasteiger partial charge in [0.05, 0.1) is 0 Å². The molecule has 0 radical (unpaired) electrons. The third kappa shape index (κ3) is 3.49. The lowest BCUT2D eigenvalue weighted by atomic mass is 10.2. The maximum Gasteiger partial charge on any atom is 0.288 e. The Hall–Kier alpha value is -2.02. The van der Waals surface area contributed by atoms with Gasteiger partial charge in [0, 0.05) is 4.47 Å². The first-order valence-electron chi connectivity index (χ1n) is 4.67. The van der Waals surface area contributed by atoms with Crippen molar-refractivity contribution in [2.45, 2.75) is 0 Å². The van der Waals surface area contributed by atoms with Crippen molar-refractivity contribution >= 4 is 33.9 Å². The lowest BCUT2D eigenvalue weighted by molar-refractivity contribution is -0.211. The van der Waals surface area contributed by atoms with Crippen LogP contribution in [-0.4, -0.2) is 26.5 Å². The Kier molecular flexibility index (Phi) is 3.61. The SMILES string of the molecule is [O-]C(/C=C/c1cccc(Br)c1)=Nc1nn[nH]n1. The number of aromatic nitrogens is 4. The quantitative estimate of drug-likeness (QED) is 0.677. The van der Waals surface area contributed by atoms with Crippen LogP contribution >= 0.6 is 15.9 Å². The highest BCUT2D eigenvalue weighted by Crippen LogP contribution is 2.12. The number of aliphatic imine (C=N–C) groups is 1. The van der Waals surface area contributed by atoms with Crippen molar-refractivity contribution in [1.82, 2.24) is 20.6 Å². The van der Waals surface area contributed by atoms with Crippen LogP contribution in [0.25, 0.3) is 6.08 Å². The van der Waals surface area contributed by atoms with E-state index in [0.717, 1.165) is 10.0 Å². The highest BCUT2D eigenvalue weighted by molar-refractivity contribution is 9.10. The molecule has 0 atom stereocenters. The van der Waals surface area contributed by atoms with Gasteiger partial charge in [-0.25, -0.2) is 4.99 Å². The van der Waals surface area contributed by atoms with E-state index in [-0.39, 0.29) is 5.95 Å². The Bertz CT molecular complexity index is 550. The molecule has 0 spiro atoms. The summed E-state index contributed by atoms with van der Waals surface area (Å²) in [6.07, 6.45) is 3.01. The number of nitrogens with zero attached hydrogens (tertiary/aromatic N) is 4. The Morgan fingerprint density at radius 2 is 2.35 bits per heavy atom. The molecule has 6 nitrogen and oxygen atoms in total. The number of tetrazole rings is 1. The summed E-state index contributed by atoms with van der Waals surface area (Å²) < 4.78 is 0.946. The molecule has 1 aromatic heterocycles. The zero-order valence-corrected chi connectivity index (χ0v) is 10.1. The van der Waals surface area contributed by atoms with E-state index in [2.05, 4.69) is 41.5 Å². The van der Waals surface area contributed by atoms with Crippen LogP contribution in [0.5, 0.6) is 0 Å². The van der Waals surface area contributed by atoms with Gasteiger partial charge >= 0.3 is 0 Å². The van der Waals surface area contributed by atoms with Gasteiger partial charge in [-0.3, -0.25) is 0 Å². The van der Waals surface area contributed by atoms with Gasteiger partial charge < -0.3 is 5.11 Å². The van der Waals surface area contributed by atoms with E-state index in [0.29, 0.717) is 0 Å². The van der Waals surface area contributed by atoms with Gasteiger partial charge in [0.2, 0.25) is 0 Å². The summed E-state index contributed by atoms with van der Waals surface area (Å²) in [7, 11) is 0. The van der Waals surface area contributed by atoms with Crippen molar-refractivity contribution in [3.63, 3.8) is 0 Å². The van der Waals surface area contributed by atoms with E-state index in [1.807, 2.05) is 24.3 Å². The number of rotatable bonds is 3. The summed E-state index contributed by atoms with van der Waals surface area (Å²) in [5.74, 6) is -0.416. The molecule has 2 rings (SSSR count). The Labute approximate surface area is 105 Å². The molecule has 1 N–H and O–H groups in total. The van der Waals surface area contributed by atoms with Crippen LogP contribution in [0.2, 0.25) is 0 Å². The van der Waals surface area contributed by atoms with Gasteiger partial charge in [-0.2, -0.15) is 5.21 Å². The molecule has 2 aromatic rings. The van der Waals surface area contributed by atoms with Crippen molar-refractivity contribution < 1.29 is 5.11 Å². The van der Waals surface area contributed by atoms with Gasteiger partial charge in [0.1, 0.15) is 0 Å². The van der Waals surface area contributed by atoms with Crippen molar-refractivity contribution in [2.24, 2.45) is 4.99 Å². The molecule has 0 aliphatic carbocycles.